The number of ether oxygens (including phenoxy) is 1. The van der Waals surface area contributed by atoms with Crippen molar-refractivity contribution < 1.29 is 18.8 Å². The van der Waals surface area contributed by atoms with Gasteiger partial charge in [0.15, 0.2) is 0 Å². The zero-order valence-corrected chi connectivity index (χ0v) is 19.4. The molecule has 1 aliphatic heterocycles. The van der Waals surface area contributed by atoms with E-state index in [9.17, 15) is 19.3 Å². The minimum atomic E-state index is -0.402. The molecule has 0 aromatic heterocycles. The zero-order valence-electron chi connectivity index (χ0n) is 19.4. The van der Waals surface area contributed by atoms with Crippen LogP contribution in [0.2, 0.25) is 0 Å². The van der Waals surface area contributed by atoms with Crippen molar-refractivity contribution in [1.82, 2.24) is 9.80 Å². The minimum Gasteiger partial charge on any atom is -0.383 e. The third-order valence-electron chi connectivity index (χ3n) is 6.19. The van der Waals surface area contributed by atoms with Gasteiger partial charge in [-0.25, -0.2) is 4.39 Å². The first-order valence-electron chi connectivity index (χ1n) is 11.3. The van der Waals surface area contributed by atoms with E-state index in [1.165, 1.54) is 24.3 Å². The highest BCUT2D eigenvalue weighted by Gasteiger charge is 2.36. The normalized spacial score (nSPS) is 18.6. The molecule has 2 unspecified atom stereocenters. The molecule has 0 bridgehead atoms. The largest absolute Gasteiger partial charge is 0.383 e. The second-order valence-corrected chi connectivity index (χ2v) is 8.97. The molecule has 7 nitrogen and oxygen atoms in total. The van der Waals surface area contributed by atoms with Crippen LogP contribution in [0.5, 0.6) is 0 Å². The Morgan fingerprint density at radius 3 is 2.42 bits per heavy atom. The molecule has 33 heavy (non-hydrogen) atoms. The van der Waals surface area contributed by atoms with Crippen molar-refractivity contribution in [3.8, 4) is 0 Å². The van der Waals surface area contributed by atoms with Crippen LogP contribution in [0.25, 0.3) is 0 Å². The van der Waals surface area contributed by atoms with E-state index in [1.54, 1.807) is 19.2 Å². The number of rotatable bonds is 10. The van der Waals surface area contributed by atoms with E-state index in [4.69, 9.17) is 4.74 Å². The summed E-state index contributed by atoms with van der Waals surface area (Å²) in [5, 5.41) is 10.9. The summed E-state index contributed by atoms with van der Waals surface area (Å²) in [7, 11) is 1.63. The van der Waals surface area contributed by atoms with Crippen LogP contribution >= 0.6 is 0 Å². The minimum absolute atomic E-state index is 0.0724. The van der Waals surface area contributed by atoms with Gasteiger partial charge >= 0.3 is 0 Å². The smallest absolute Gasteiger partial charge is 0.269 e. The number of carbonyl (C=O) groups is 1. The van der Waals surface area contributed by atoms with Gasteiger partial charge in [0.2, 0.25) is 5.91 Å². The van der Waals surface area contributed by atoms with Crippen LogP contribution in [0.4, 0.5) is 10.1 Å². The van der Waals surface area contributed by atoms with Crippen molar-refractivity contribution in [2.24, 2.45) is 11.8 Å². The summed E-state index contributed by atoms with van der Waals surface area (Å²) in [6.07, 6.45) is 0. The number of halogens is 1. The average molecular weight is 458 g/mol. The van der Waals surface area contributed by atoms with Gasteiger partial charge in [-0.2, -0.15) is 0 Å². The number of hydrogen-bond acceptors (Lipinski definition) is 5. The third kappa shape index (κ3) is 6.58. The van der Waals surface area contributed by atoms with E-state index in [1.807, 2.05) is 30.9 Å². The quantitative estimate of drug-likeness (QED) is 0.397. The van der Waals surface area contributed by atoms with Crippen LogP contribution in [-0.2, 0) is 16.1 Å². The molecular formula is C25H32FN3O4. The van der Waals surface area contributed by atoms with E-state index in [-0.39, 0.29) is 35.2 Å². The number of methoxy groups -OCH3 is 1. The first-order valence-corrected chi connectivity index (χ1v) is 11.3. The van der Waals surface area contributed by atoms with Crippen molar-refractivity contribution in [3.63, 3.8) is 0 Å². The van der Waals surface area contributed by atoms with Gasteiger partial charge < -0.3 is 9.64 Å². The van der Waals surface area contributed by atoms with Crippen molar-refractivity contribution in [1.29, 1.82) is 0 Å². The summed E-state index contributed by atoms with van der Waals surface area (Å²) in [5.74, 6) is 0.0388. The highest BCUT2D eigenvalue weighted by Crippen LogP contribution is 2.34. The molecule has 2 aromatic rings. The number of hydrogen-bond donors (Lipinski definition) is 0. The highest BCUT2D eigenvalue weighted by atomic mass is 19.1. The lowest BCUT2D eigenvalue weighted by Crippen LogP contribution is -2.41. The van der Waals surface area contributed by atoms with E-state index < -0.39 is 4.92 Å². The predicted octanol–water partition coefficient (Wildman–Crippen LogP) is 4.08. The Morgan fingerprint density at radius 1 is 1.18 bits per heavy atom. The summed E-state index contributed by atoms with van der Waals surface area (Å²) in [6.45, 7) is 7.59. The second kappa shape index (κ2) is 11.3. The van der Waals surface area contributed by atoms with Crippen LogP contribution in [0.3, 0.4) is 0 Å². The average Bonchev–Trinajstić information content (AvgIpc) is 3.18. The van der Waals surface area contributed by atoms with E-state index in [0.29, 0.717) is 26.2 Å². The molecule has 1 heterocycles. The maximum atomic E-state index is 13.5. The molecule has 0 aliphatic carbocycles. The number of benzene rings is 2. The molecular weight excluding hydrogens is 425 g/mol. The van der Waals surface area contributed by atoms with E-state index in [2.05, 4.69) is 4.90 Å². The standard InChI is InChI=1S/C25H32FN3O4/c1-18(2)25(30)28(12-13-33-3)16-21-15-27(14-19-4-10-23(11-5-19)29(31)32)17-24(21)20-6-8-22(26)9-7-20/h4-11,18,21,24H,12-17H2,1-3H3. The fraction of sp³-hybridized carbons (Fsp3) is 0.480. The molecule has 0 radical (unpaired) electrons. The molecule has 8 heteroatoms. The summed E-state index contributed by atoms with van der Waals surface area (Å²) in [4.78, 5) is 27.5. The van der Waals surface area contributed by atoms with Gasteiger partial charge in [0, 0.05) is 63.8 Å². The number of amides is 1. The molecule has 1 amide bonds. The fourth-order valence-corrected chi connectivity index (χ4v) is 4.48. The van der Waals surface area contributed by atoms with Gasteiger partial charge in [-0.1, -0.05) is 38.1 Å². The monoisotopic (exact) mass is 457 g/mol. The Morgan fingerprint density at radius 2 is 1.85 bits per heavy atom. The van der Waals surface area contributed by atoms with Crippen molar-refractivity contribution in [3.05, 3.63) is 75.6 Å². The first kappa shape index (κ1) is 24.8. The molecule has 0 N–H and O–H groups in total. The molecule has 0 spiro atoms. The molecule has 178 valence electrons. The van der Waals surface area contributed by atoms with Gasteiger partial charge in [0.05, 0.1) is 11.5 Å². The number of nitrogens with zero attached hydrogens (tertiary/aromatic N) is 3. The van der Waals surface area contributed by atoms with E-state index >= 15 is 0 Å². The number of nitro benzene ring substituents is 1. The number of non-ortho nitro benzene ring substituents is 1. The summed E-state index contributed by atoms with van der Waals surface area (Å²) in [6, 6.07) is 13.2. The molecule has 1 aliphatic rings. The zero-order chi connectivity index (χ0) is 24.0. The van der Waals surface area contributed by atoms with Gasteiger partial charge in [-0.15, -0.1) is 0 Å². The summed E-state index contributed by atoms with van der Waals surface area (Å²) in [5.41, 5.74) is 2.12. The Bertz CT molecular complexity index is 934. The summed E-state index contributed by atoms with van der Waals surface area (Å²) >= 11 is 0. The highest BCUT2D eigenvalue weighted by molar-refractivity contribution is 5.78. The molecule has 1 fully saturated rings. The molecule has 2 atom stereocenters. The Hall–Kier alpha value is -2.84. The van der Waals surface area contributed by atoms with Crippen LogP contribution in [0.15, 0.2) is 48.5 Å². The maximum Gasteiger partial charge on any atom is 0.269 e. The van der Waals surface area contributed by atoms with Gasteiger partial charge in [-0.05, 0) is 29.2 Å². The van der Waals surface area contributed by atoms with Gasteiger partial charge in [0.25, 0.3) is 5.69 Å². The Kier molecular flexibility index (Phi) is 8.52. The van der Waals surface area contributed by atoms with Crippen LogP contribution < -0.4 is 0 Å². The number of likely N-dealkylation sites (tertiary alicyclic amines) is 1. The lowest BCUT2D eigenvalue weighted by atomic mass is 9.88. The van der Waals surface area contributed by atoms with E-state index in [0.717, 1.165) is 24.2 Å². The van der Waals surface area contributed by atoms with Crippen LogP contribution in [-0.4, -0.2) is 60.5 Å². The Labute approximate surface area is 194 Å². The van der Waals surface area contributed by atoms with Crippen molar-refractivity contribution >= 4 is 11.6 Å². The topological polar surface area (TPSA) is 75.9 Å². The number of nitro groups is 1. The Balaban J connectivity index is 1.79. The third-order valence-corrected chi connectivity index (χ3v) is 6.19. The maximum absolute atomic E-state index is 13.5. The van der Waals surface area contributed by atoms with Crippen molar-refractivity contribution in [2.45, 2.75) is 26.3 Å². The first-order chi connectivity index (χ1) is 15.8. The van der Waals surface area contributed by atoms with Gasteiger partial charge in [-0.3, -0.25) is 19.8 Å². The SMILES string of the molecule is COCCN(CC1CN(Cc2ccc([N+](=O)[O-])cc2)CC1c1ccc(F)cc1)C(=O)C(C)C. The van der Waals surface area contributed by atoms with Crippen molar-refractivity contribution in [2.75, 3.05) is 39.9 Å². The number of carbonyl (C=O) groups excluding carboxylic acids is 1. The van der Waals surface area contributed by atoms with Crippen LogP contribution in [0, 0.1) is 27.8 Å². The van der Waals surface area contributed by atoms with Gasteiger partial charge in [0.1, 0.15) is 5.82 Å². The summed E-state index contributed by atoms with van der Waals surface area (Å²) < 4.78 is 18.8. The molecule has 1 saturated heterocycles. The molecule has 3 rings (SSSR count). The lowest BCUT2D eigenvalue weighted by Gasteiger charge is -2.29. The fourth-order valence-electron chi connectivity index (χ4n) is 4.48. The second-order valence-electron chi connectivity index (χ2n) is 8.97. The molecule has 2 aromatic carbocycles. The lowest BCUT2D eigenvalue weighted by molar-refractivity contribution is -0.384. The molecule has 0 saturated carbocycles. The predicted molar refractivity (Wildman–Crippen MR) is 124 cm³/mol. The van der Waals surface area contributed by atoms with Crippen LogP contribution in [0.1, 0.15) is 30.9 Å².